The number of rotatable bonds is 4. The predicted molar refractivity (Wildman–Crippen MR) is 48.7 cm³/mol. The standard InChI is InChI=1S/C8H9BF2O4/c1-14-4-15-7-3-5(9(12)13)2-6(10)8(7)11/h2-3,12-13H,4H2,1H3. The summed E-state index contributed by atoms with van der Waals surface area (Å²) in [6.45, 7) is -0.263. The van der Waals surface area contributed by atoms with Gasteiger partial charge in [0, 0.05) is 7.11 Å². The Morgan fingerprint density at radius 3 is 2.53 bits per heavy atom. The van der Waals surface area contributed by atoms with Gasteiger partial charge in [0.25, 0.3) is 0 Å². The van der Waals surface area contributed by atoms with Crippen molar-refractivity contribution < 1.29 is 28.3 Å². The molecule has 0 atom stereocenters. The molecule has 0 saturated carbocycles. The lowest BCUT2D eigenvalue weighted by Crippen LogP contribution is -2.30. The minimum atomic E-state index is -1.88. The van der Waals surface area contributed by atoms with Gasteiger partial charge in [-0.15, -0.1) is 0 Å². The van der Waals surface area contributed by atoms with Crippen molar-refractivity contribution in [2.45, 2.75) is 0 Å². The van der Waals surface area contributed by atoms with Crippen LogP contribution >= 0.6 is 0 Å². The third-order valence-corrected chi connectivity index (χ3v) is 1.65. The third-order valence-electron chi connectivity index (χ3n) is 1.65. The molecule has 0 aliphatic rings. The van der Waals surface area contributed by atoms with Gasteiger partial charge in [-0.1, -0.05) is 0 Å². The van der Waals surface area contributed by atoms with E-state index in [1.54, 1.807) is 0 Å². The molecule has 0 fully saturated rings. The van der Waals surface area contributed by atoms with E-state index in [1.807, 2.05) is 0 Å². The number of ether oxygens (including phenoxy) is 2. The number of methoxy groups -OCH3 is 1. The Morgan fingerprint density at radius 1 is 1.33 bits per heavy atom. The van der Waals surface area contributed by atoms with Crippen LogP contribution in [-0.4, -0.2) is 31.1 Å². The van der Waals surface area contributed by atoms with Gasteiger partial charge in [-0.2, -0.15) is 4.39 Å². The number of hydrogen-bond acceptors (Lipinski definition) is 4. The van der Waals surface area contributed by atoms with Crippen molar-refractivity contribution in [1.29, 1.82) is 0 Å². The highest BCUT2D eigenvalue weighted by molar-refractivity contribution is 6.58. The van der Waals surface area contributed by atoms with E-state index < -0.39 is 24.5 Å². The molecule has 0 radical (unpaired) electrons. The van der Waals surface area contributed by atoms with Gasteiger partial charge in [-0.25, -0.2) is 4.39 Å². The first-order valence-corrected chi connectivity index (χ1v) is 4.03. The van der Waals surface area contributed by atoms with Crippen LogP contribution in [-0.2, 0) is 4.74 Å². The first kappa shape index (κ1) is 11.9. The van der Waals surface area contributed by atoms with Crippen LogP contribution in [0.4, 0.5) is 8.78 Å². The fraction of sp³-hybridized carbons (Fsp3) is 0.250. The lowest BCUT2D eigenvalue weighted by Gasteiger charge is -2.08. The molecule has 15 heavy (non-hydrogen) atoms. The average molecular weight is 218 g/mol. The molecular weight excluding hydrogens is 209 g/mol. The topological polar surface area (TPSA) is 58.9 Å². The van der Waals surface area contributed by atoms with Gasteiger partial charge in [0.2, 0.25) is 5.82 Å². The van der Waals surface area contributed by atoms with Crippen molar-refractivity contribution in [3.8, 4) is 5.75 Å². The van der Waals surface area contributed by atoms with E-state index in [9.17, 15) is 8.78 Å². The molecular formula is C8H9BF2O4. The molecule has 7 heteroatoms. The van der Waals surface area contributed by atoms with Crippen LogP contribution in [0.5, 0.6) is 5.75 Å². The van der Waals surface area contributed by atoms with Gasteiger partial charge >= 0.3 is 7.12 Å². The Kier molecular flexibility index (Phi) is 4.01. The molecule has 0 unspecified atom stereocenters. The van der Waals surface area contributed by atoms with Crippen molar-refractivity contribution in [1.82, 2.24) is 0 Å². The van der Waals surface area contributed by atoms with Gasteiger partial charge in [-0.05, 0) is 17.6 Å². The first-order valence-electron chi connectivity index (χ1n) is 4.03. The molecule has 1 rings (SSSR count). The van der Waals surface area contributed by atoms with Crippen LogP contribution in [0.25, 0.3) is 0 Å². The summed E-state index contributed by atoms with van der Waals surface area (Å²) in [4.78, 5) is 0. The molecule has 0 bridgehead atoms. The minimum Gasteiger partial charge on any atom is -0.464 e. The molecule has 0 aliphatic heterocycles. The maximum Gasteiger partial charge on any atom is 0.488 e. The third kappa shape index (κ3) is 2.88. The Labute approximate surface area is 85.2 Å². The zero-order chi connectivity index (χ0) is 11.4. The summed E-state index contributed by atoms with van der Waals surface area (Å²) in [6, 6.07) is 1.67. The Morgan fingerprint density at radius 2 is 2.00 bits per heavy atom. The Hall–Kier alpha value is -1.18. The van der Waals surface area contributed by atoms with Crippen LogP contribution in [0, 0.1) is 11.6 Å². The largest absolute Gasteiger partial charge is 0.488 e. The molecule has 0 heterocycles. The van der Waals surface area contributed by atoms with Crippen molar-refractivity contribution in [3.63, 3.8) is 0 Å². The smallest absolute Gasteiger partial charge is 0.464 e. The maximum absolute atomic E-state index is 13.0. The quantitative estimate of drug-likeness (QED) is 0.534. The van der Waals surface area contributed by atoms with Crippen LogP contribution in [0.2, 0.25) is 0 Å². The number of benzene rings is 1. The van der Waals surface area contributed by atoms with Crippen molar-refractivity contribution in [2.75, 3.05) is 13.9 Å². The Bertz CT molecular complexity index is 346. The molecule has 0 saturated heterocycles. The van der Waals surface area contributed by atoms with E-state index in [4.69, 9.17) is 14.8 Å². The van der Waals surface area contributed by atoms with E-state index in [-0.39, 0.29) is 12.3 Å². The highest BCUT2D eigenvalue weighted by atomic mass is 19.2. The van der Waals surface area contributed by atoms with Crippen LogP contribution < -0.4 is 10.2 Å². The summed E-state index contributed by atoms with van der Waals surface area (Å²) in [5.74, 6) is -2.84. The summed E-state index contributed by atoms with van der Waals surface area (Å²) in [5, 5.41) is 17.5. The monoisotopic (exact) mass is 218 g/mol. The summed E-state index contributed by atoms with van der Waals surface area (Å²) < 4.78 is 35.2. The SMILES string of the molecule is COCOc1cc(B(O)O)cc(F)c1F. The summed E-state index contributed by atoms with van der Waals surface area (Å²) in [7, 11) is -0.566. The van der Waals surface area contributed by atoms with Crippen molar-refractivity contribution in [3.05, 3.63) is 23.8 Å². The van der Waals surface area contributed by atoms with Gasteiger partial charge in [-0.3, -0.25) is 0 Å². The molecule has 0 amide bonds. The molecule has 0 aliphatic carbocycles. The van der Waals surface area contributed by atoms with Gasteiger partial charge in [0.15, 0.2) is 18.4 Å². The highest BCUT2D eigenvalue weighted by Gasteiger charge is 2.18. The molecule has 82 valence electrons. The molecule has 4 nitrogen and oxygen atoms in total. The van der Waals surface area contributed by atoms with E-state index in [1.165, 1.54) is 7.11 Å². The molecule has 1 aromatic rings. The number of hydrogen-bond donors (Lipinski definition) is 2. The Balaban J connectivity index is 3.02. The van der Waals surface area contributed by atoms with E-state index >= 15 is 0 Å². The second-order valence-corrected chi connectivity index (χ2v) is 2.74. The van der Waals surface area contributed by atoms with E-state index in [2.05, 4.69) is 4.74 Å². The van der Waals surface area contributed by atoms with E-state index in [0.29, 0.717) is 6.07 Å². The second kappa shape index (κ2) is 5.06. The molecule has 0 spiro atoms. The molecule has 1 aromatic carbocycles. The number of halogens is 2. The maximum atomic E-state index is 13.0. The van der Waals surface area contributed by atoms with Crippen LogP contribution in [0.1, 0.15) is 0 Å². The normalized spacial score (nSPS) is 10.2. The summed E-state index contributed by atoms with van der Waals surface area (Å²) in [5.41, 5.74) is -0.194. The molecule has 2 N–H and O–H groups in total. The lowest BCUT2D eigenvalue weighted by molar-refractivity contribution is 0.0478. The van der Waals surface area contributed by atoms with Gasteiger partial charge < -0.3 is 19.5 Å². The lowest BCUT2D eigenvalue weighted by atomic mass is 9.80. The fourth-order valence-electron chi connectivity index (χ4n) is 0.960. The van der Waals surface area contributed by atoms with E-state index in [0.717, 1.165) is 6.07 Å². The first-order chi connectivity index (χ1) is 7.06. The minimum absolute atomic E-state index is 0.194. The fourth-order valence-corrected chi connectivity index (χ4v) is 0.960. The second-order valence-electron chi connectivity index (χ2n) is 2.74. The van der Waals surface area contributed by atoms with Gasteiger partial charge in [0.1, 0.15) is 0 Å². The van der Waals surface area contributed by atoms with Gasteiger partial charge in [0.05, 0.1) is 0 Å². The molecule has 0 aromatic heterocycles. The van der Waals surface area contributed by atoms with Crippen LogP contribution in [0.3, 0.4) is 0 Å². The summed E-state index contributed by atoms with van der Waals surface area (Å²) >= 11 is 0. The highest BCUT2D eigenvalue weighted by Crippen LogP contribution is 2.18. The summed E-state index contributed by atoms with van der Waals surface area (Å²) in [6.07, 6.45) is 0. The van der Waals surface area contributed by atoms with Crippen molar-refractivity contribution >= 4 is 12.6 Å². The van der Waals surface area contributed by atoms with Crippen LogP contribution in [0.15, 0.2) is 12.1 Å². The zero-order valence-electron chi connectivity index (χ0n) is 7.91. The van der Waals surface area contributed by atoms with Crippen molar-refractivity contribution in [2.24, 2.45) is 0 Å². The average Bonchev–Trinajstić information content (AvgIpc) is 2.19. The predicted octanol–water partition coefficient (Wildman–Crippen LogP) is -0.373. The zero-order valence-corrected chi connectivity index (χ0v) is 7.91.